The molecule has 0 fully saturated rings. The number of halogens is 3. The normalized spacial score (nSPS) is 10.5. The minimum Gasteiger partial charge on any atom is -0.364 e. The summed E-state index contributed by atoms with van der Waals surface area (Å²) >= 11 is 2.97. The summed E-state index contributed by atoms with van der Waals surface area (Å²) in [4.78, 5) is 14.0. The van der Waals surface area contributed by atoms with Crippen LogP contribution < -0.4 is 5.73 Å². The van der Waals surface area contributed by atoms with E-state index in [0.29, 0.717) is 4.47 Å². The van der Waals surface area contributed by atoms with Crippen molar-refractivity contribution in [2.45, 2.75) is 6.43 Å². The maximum absolute atomic E-state index is 12.2. The quantitative estimate of drug-likeness (QED) is 0.872. The fourth-order valence-corrected chi connectivity index (χ4v) is 1.21. The number of hydrogen-bond acceptors (Lipinski definition) is 2. The highest BCUT2D eigenvalue weighted by atomic mass is 79.9. The predicted octanol–water partition coefficient (Wildman–Crippen LogP) is 1.88. The maximum atomic E-state index is 12.2. The van der Waals surface area contributed by atoms with Crippen LogP contribution in [0.5, 0.6) is 0 Å². The number of aromatic nitrogens is 1. The van der Waals surface area contributed by atoms with Crippen LogP contribution >= 0.6 is 15.9 Å². The number of rotatable bonds is 2. The van der Waals surface area contributed by atoms with Crippen LogP contribution in [0.25, 0.3) is 0 Å². The molecule has 1 amide bonds. The monoisotopic (exact) mass is 250 g/mol. The Kier molecular flexibility index (Phi) is 2.92. The number of alkyl halides is 2. The molecule has 13 heavy (non-hydrogen) atoms. The molecule has 0 saturated carbocycles. The van der Waals surface area contributed by atoms with Gasteiger partial charge in [-0.05, 0) is 12.1 Å². The lowest BCUT2D eigenvalue weighted by Gasteiger charge is -2.01. The first kappa shape index (κ1) is 10.0. The number of carbonyl (C=O) groups is 1. The molecule has 0 aromatic carbocycles. The summed E-state index contributed by atoms with van der Waals surface area (Å²) in [5, 5.41) is 0. The molecule has 0 radical (unpaired) electrons. The van der Waals surface area contributed by atoms with E-state index in [0.717, 1.165) is 6.07 Å². The van der Waals surface area contributed by atoms with E-state index in [1.807, 2.05) is 0 Å². The number of pyridine rings is 1. The Hall–Kier alpha value is -1.04. The number of nitrogens with two attached hydrogens (primary N) is 1. The van der Waals surface area contributed by atoms with Crippen LogP contribution in [0.1, 0.15) is 22.6 Å². The van der Waals surface area contributed by atoms with E-state index in [1.165, 1.54) is 6.07 Å². The van der Waals surface area contributed by atoms with E-state index in [9.17, 15) is 13.6 Å². The molecule has 3 nitrogen and oxygen atoms in total. The van der Waals surface area contributed by atoms with Gasteiger partial charge in [0.15, 0.2) is 0 Å². The third-order valence-electron chi connectivity index (χ3n) is 1.29. The van der Waals surface area contributed by atoms with Crippen molar-refractivity contribution in [1.82, 2.24) is 4.98 Å². The van der Waals surface area contributed by atoms with Gasteiger partial charge in [-0.1, -0.05) is 15.9 Å². The van der Waals surface area contributed by atoms with Crippen molar-refractivity contribution in [3.63, 3.8) is 0 Å². The van der Waals surface area contributed by atoms with Crippen LogP contribution in [0, 0.1) is 0 Å². The minimum absolute atomic E-state index is 0.176. The summed E-state index contributed by atoms with van der Waals surface area (Å²) in [6, 6.07) is 2.42. The Morgan fingerprint density at radius 1 is 1.54 bits per heavy atom. The first-order chi connectivity index (χ1) is 6.00. The SMILES string of the molecule is NC(=O)c1cc(Br)cc(C(F)F)n1. The molecule has 0 spiro atoms. The Balaban J connectivity index is 3.19. The van der Waals surface area contributed by atoms with Crippen LogP contribution in [0.2, 0.25) is 0 Å². The molecule has 2 N–H and O–H groups in total. The molecular weight excluding hydrogens is 246 g/mol. The van der Waals surface area contributed by atoms with E-state index in [4.69, 9.17) is 5.73 Å². The molecule has 1 aromatic heterocycles. The second-order valence-electron chi connectivity index (χ2n) is 2.26. The number of hydrogen-bond donors (Lipinski definition) is 1. The first-order valence-electron chi connectivity index (χ1n) is 3.26. The zero-order chi connectivity index (χ0) is 10.0. The zero-order valence-electron chi connectivity index (χ0n) is 6.30. The third-order valence-corrected chi connectivity index (χ3v) is 1.74. The Morgan fingerprint density at radius 3 is 2.62 bits per heavy atom. The number of primary amides is 1. The van der Waals surface area contributed by atoms with Crippen LogP contribution in [-0.2, 0) is 0 Å². The third kappa shape index (κ3) is 2.45. The Labute approximate surface area is 81.1 Å². The van der Waals surface area contributed by atoms with Gasteiger partial charge in [-0.15, -0.1) is 0 Å². The molecule has 70 valence electrons. The summed E-state index contributed by atoms with van der Waals surface area (Å²) in [6.07, 6.45) is -2.71. The lowest BCUT2D eigenvalue weighted by Crippen LogP contribution is -2.14. The molecule has 0 aliphatic rings. The van der Waals surface area contributed by atoms with Crippen LogP contribution in [-0.4, -0.2) is 10.9 Å². The van der Waals surface area contributed by atoms with Gasteiger partial charge in [0.05, 0.1) is 0 Å². The maximum Gasteiger partial charge on any atom is 0.280 e. The van der Waals surface area contributed by atoms with Crippen molar-refractivity contribution in [2.75, 3.05) is 0 Å². The highest BCUT2D eigenvalue weighted by Gasteiger charge is 2.13. The van der Waals surface area contributed by atoms with Crippen LogP contribution in [0.3, 0.4) is 0 Å². The van der Waals surface area contributed by atoms with E-state index in [-0.39, 0.29) is 5.69 Å². The van der Waals surface area contributed by atoms with Crippen molar-refractivity contribution < 1.29 is 13.6 Å². The summed E-state index contributed by atoms with van der Waals surface area (Å²) < 4.78 is 24.7. The van der Waals surface area contributed by atoms with Crippen molar-refractivity contribution in [3.05, 3.63) is 28.0 Å². The fourth-order valence-electron chi connectivity index (χ4n) is 0.755. The van der Waals surface area contributed by atoms with Gasteiger partial charge in [0.2, 0.25) is 0 Å². The van der Waals surface area contributed by atoms with Crippen molar-refractivity contribution in [3.8, 4) is 0 Å². The molecule has 0 bridgehead atoms. The van der Waals surface area contributed by atoms with Gasteiger partial charge < -0.3 is 5.73 Å². The van der Waals surface area contributed by atoms with E-state index in [2.05, 4.69) is 20.9 Å². The van der Waals surface area contributed by atoms with Crippen LogP contribution in [0.15, 0.2) is 16.6 Å². The Morgan fingerprint density at radius 2 is 2.15 bits per heavy atom. The van der Waals surface area contributed by atoms with Crippen molar-refractivity contribution in [1.29, 1.82) is 0 Å². The smallest absolute Gasteiger partial charge is 0.280 e. The molecule has 1 rings (SSSR count). The summed E-state index contributed by atoms with van der Waals surface area (Å²) in [7, 11) is 0. The molecule has 0 aliphatic carbocycles. The van der Waals surface area contributed by atoms with Gasteiger partial charge >= 0.3 is 0 Å². The van der Waals surface area contributed by atoms with Crippen LogP contribution in [0.4, 0.5) is 8.78 Å². The molecule has 6 heteroatoms. The largest absolute Gasteiger partial charge is 0.364 e. The fraction of sp³-hybridized carbons (Fsp3) is 0.143. The average molecular weight is 251 g/mol. The topological polar surface area (TPSA) is 56.0 Å². The first-order valence-corrected chi connectivity index (χ1v) is 4.05. The van der Waals surface area contributed by atoms with E-state index >= 15 is 0 Å². The van der Waals surface area contributed by atoms with Gasteiger partial charge in [0.25, 0.3) is 12.3 Å². The lowest BCUT2D eigenvalue weighted by molar-refractivity contribution is 0.0993. The van der Waals surface area contributed by atoms with Gasteiger partial charge in [0, 0.05) is 4.47 Å². The van der Waals surface area contributed by atoms with Gasteiger partial charge in [-0.2, -0.15) is 0 Å². The van der Waals surface area contributed by atoms with Gasteiger partial charge in [-0.3, -0.25) is 4.79 Å². The Bertz CT molecular complexity index is 343. The van der Waals surface area contributed by atoms with E-state index in [1.54, 1.807) is 0 Å². The molecule has 0 saturated heterocycles. The molecule has 0 atom stereocenters. The molecule has 1 heterocycles. The number of amides is 1. The summed E-state index contributed by atoms with van der Waals surface area (Å²) in [5.74, 6) is -0.830. The van der Waals surface area contributed by atoms with Crippen molar-refractivity contribution in [2.24, 2.45) is 5.73 Å². The van der Waals surface area contributed by atoms with Gasteiger partial charge in [0.1, 0.15) is 11.4 Å². The highest BCUT2D eigenvalue weighted by Crippen LogP contribution is 2.21. The highest BCUT2D eigenvalue weighted by molar-refractivity contribution is 9.10. The number of carbonyl (C=O) groups excluding carboxylic acids is 1. The standard InChI is InChI=1S/C7H5BrF2N2O/c8-3-1-4(6(9)10)12-5(2-3)7(11)13/h1-2,6H,(H2,11,13). The van der Waals surface area contributed by atoms with Crippen molar-refractivity contribution >= 4 is 21.8 Å². The predicted molar refractivity (Wildman–Crippen MR) is 45.4 cm³/mol. The molecule has 0 unspecified atom stereocenters. The molecule has 0 aliphatic heterocycles. The minimum atomic E-state index is -2.71. The molecular formula is C7H5BrF2N2O. The zero-order valence-corrected chi connectivity index (χ0v) is 7.88. The average Bonchev–Trinajstić information content (AvgIpc) is 2.03. The van der Waals surface area contributed by atoms with Gasteiger partial charge in [-0.25, -0.2) is 13.8 Å². The number of nitrogens with zero attached hydrogens (tertiary/aromatic N) is 1. The lowest BCUT2D eigenvalue weighted by atomic mass is 10.3. The summed E-state index contributed by atoms with van der Waals surface area (Å²) in [5.41, 5.74) is 4.24. The van der Waals surface area contributed by atoms with E-state index < -0.39 is 18.0 Å². The second kappa shape index (κ2) is 3.78. The summed E-state index contributed by atoms with van der Waals surface area (Å²) in [6.45, 7) is 0. The molecule has 1 aromatic rings. The second-order valence-corrected chi connectivity index (χ2v) is 3.18.